The number of hydrogen-bond donors (Lipinski definition) is 0. The van der Waals surface area contributed by atoms with Crippen LogP contribution in [0.4, 0.5) is 10.1 Å². The van der Waals surface area contributed by atoms with E-state index in [4.69, 9.17) is 0 Å². The molecule has 0 bridgehead atoms. The Morgan fingerprint density at radius 1 is 1.05 bits per heavy atom. The van der Waals surface area contributed by atoms with Crippen molar-refractivity contribution in [2.24, 2.45) is 0 Å². The highest BCUT2D eigenvalue weighted by Gasteiger charge is 2.45. The van der Waals surface area contributed by atoms with Crippen molar-refractivity contribution in [3.05, 3.63) is 60.6 Å². The van der Waals surface area contributed by atoms with Crippen LogP contribution in [0.2, 0.25) is 0 Å². The Hall–Kier alpha value is -2.43. The molecule has 0 N–H and O–H groups in total. The maximum absolute atomic E-state index is 14.8. The highest BCUT2D eigenvalue weighted by molar-refractivity contribution is 5.70. The Morgan fingerprint density at radius 3 is 2.65 bits per heavy atom. The minimum absolute atomic E-state index is 0.351. The Kier molecular flexibility index (Phi) is 2.30. The Morgan fingerprint density at radius 2 is 1.85 bits per heavy atom. The summed E-state index contributed by atoms with van der Waals surface area (Å²) >= 11 is 0. The van der Waals surface area contributed by atoms with E-state index in [1.165, 1.54) is 0 Å². The predicted molar refractivity (Wildman–Crippen MR) is 74.4 cm³/mol. The van der Waals surface area contributed by atoms with E-state index in [1.807, 2.05) is 41.3 Å². The van der Waals surface area contributed by atoms with Crippen molar-refractivity contribution >= 4 is 11.3 Å². The molecule has 4 nitrogen and oxygen atoms in total. The highest BCUT2D eigenvalue weighted by Crippen LogP contribution is 2.39. The van der Waals surface area contributed by atoms with Gasteiger partial charge in [-0.05, 0) is 11.6 Å². The number of halogens is 1. The normalized spacial score (nSPS) is 17.1. The molecule has 20 heavy (non-hydrogen) atoms. The lowest BCUT2D eigenvalue weighted by Gasteiger charge is -2.46. The summed E-state index contributed by atoms with van der Waals surface area (Å²) in [6.07, 6.45) is 5.20. The second-order valence-electron chi connectivity index (χ2n) is 5.10. The first-order valence-electron chi connectivity index (χ1n) is 6.54. The van der Waals surface area contributed by atoms with Crippen LogP contribution in [-0.2, 0) is 5.67 Å². The number of aromatic nitrogens is 3. The molecule has 2 aromatic heterocycles. The molecule has 5 heteroatoms. The van der Waals surface area contributed by atoms with E-state index >= 15 is 0 Å². The first kappa shape index (κ1) is 11.4. The molecule has 4 rings (SSSR count). The summed E-state index contributed by atoms with van der Waals surface area (Å²) in [7, 11) is 0. The molecule has 0 radical (unpaired) electrons. The van der Waals surface area contributed by atoms with E-state index in [9.17, 15) is 4.39 Å². The average Bonchev–Trinajstić information content (AvgIpc) is 2.93. The fourth-order valence-corrected chi connectivity index (χ4v) is 2.72. The molecule has 0 unspecified atom stereocenters. The standard InChI is InChI=1S/C15H13FN4/c16-15(12-4-2-1-3-5-12)10-19(11-15)13-6-7-18-20-9-8-17-14(13)20/h1-9H,10-11H2. The molecule has 1 aromatic carbocycles. The van der Waals surface area contributed by atoms with Gasteiger partial charge in [-0.15, -0.1) is 0 Å². The number of fused-ring (bicyclic) bond motifs is 1. The van der Waals surface area contributed by atoms with Crippen LogP contribution in [0.5, 0.6) is 0 Å². The molecule has 1 saturated heterocycles. The quantitative estimate of drug-likeness (QED) is 0.715. The minimum atomic E-state index is -1.27. The molecule has 1 aliphatic rings. The van der Waals surface area contributed by atoms with Crippen LogP contribution in [0.1, 0.15) is 5.56 Å². The van der Waals surface area contributed by atoms with Gasteiger partial charge in [0.15, 0.2) is 11.3 Å². The molecular formula is C15H13FN4. The number of nitrogens with zero attached hydrogens (tertiary/aromatic N) is 4. The highest BCUT2D eigenvalue weighted by atomic mass is 19.1. The number of hydrogen-bond acceptors (Lipinski definition) is 3. The summed E-state index contributed by atoms with van der Waals surface area (Å²) < 4.78 is 16.5. The molecule has 0 saturated carbocycles. The summed E-state index contributed by atoms with van der Waals surface area (Å²) in [4.78, 5) is 6.28. The fourth-order valence-electron chi connectivity index (χ4n) is 2.72. The molecule has 0 atom stereocenters. The summed E-state index contributed by atoms with van der Waals surface area (Å²) in [6, 6.07) is 11.2. The maximum Gasteiger partial charge on any atom is 0.177 e. The first-order chi connectivity index (χ1) is 9.76. The van der Waals surface area contributed by atoms with Crippen molar-refractivity contribution in [3.8, 4) is 0 Å². The summed E-state index contributed by atoms with van der Waals surface area (Å²) in [5.74, 6) is 0. The van der Waals surface area contributed by atoms with E-state index < -0.39 is 5.67 Å². The zero-order valence-corrected chi connectivity index (χ0v) is 10.8. The third-order valence-corrected chi connectivity index (χ3v) is 3.79. The topological polar surface area (TPSA) is 33.4 Å². The van der Waals surface area contributed by atoms with Crippen molar-refractivity contribution in [1.29, 1.82) is 0 Å². The molecule has 0 amide bonds. The van der Waals surface area contributed by atoms with Crippen LogP contribution < -0.4 is 4.90 Å². The molecule has 0 spiro atoms. The fraction of sp³-hybridized carbons (Fsp3) is 0.200. The Bertz CT molecular complexity index is 747. The van der Waals surface area contributed by atoms with Crippen LogP contribution in [0.3, 0.4) is 0 Å². The van der Waals surface area contributed by atoms with E-state index in [2.05, 4.69) is 10.1 Å². The van der Waals surface area contributed by atoms with Gasteiger partial charge in [0, 0.05) is 12.4 Å². The van der Waals surface area contributed by atoms with E-state index in [1.54, 1.807) is 23.1 Å². The smallest absolute Gasteiger partial charge is 0.177 e. The van der Waals surface area contributed by atoms with Crippen molar-refractivity contribution < 1.29 is 4.39 Å². The molecule has 1 aliphatic heterocycles. The molecule has 3 heterocycles. The summed E-state index contributed by atoms with van der Waals surface area (Å²) in [5, 5.41) is 4.17. The molecule has 1 fully saturated rings. The Balaban J connectivity index is 1.64. The number of anilines is 1. The van der Waals surface area contributed by atoms with Gasteiger partial charge in [0.2, 0.25) is 0 Å². The molecule has 0 aliphatic carbocycles. The third-order valence-electron chi connectivity index (χ3n) is 3.79. The van der Waals surface area contributed by atoms with Gasteiger partial charge in [-0.1, -0.05) is 30.3 Å². The number of benzene rings is 1. The van der Waals surface area contributed by atoms with Gasteiger partial charge in [0.1, 0.15) is 0 Å². The lowest BCUT2D eigenvalue weighted by molar-refractivity contribution is 0.120. The van der Waals surface area contributed by atoms with Crippen LogP contribution >= 0.6 is 0 Å². The van der Waals surface area contributed by atoms with Gasteiger partial charge in [0.05, 0.1) is 25.0 Å². The second-order valence-corrected chi connectivity index (χ2v) is 5.10. The van der Waals surface area contributed by atoms with Crippen LogP contribution in [0.15, 0.2) is 55.0 Å². The SMILES string of the molecule is FC1(c2ccccc2)CN(c2ccnn3ccnc23)C1. The maximum atomic E-state index is 14.8. The monoisotopic (exact) mass is 268 g/mol. The van der Waals surface area contributed by atoms with E-state index in [0.717, 1.165) is 16.9 Å². The van der Waals surface area contributed by atoms with Gasteiger partial charge >= 0.3 is 0 Å². The average molecular weight is 268 g/mol. The van der Waals surface area contributed by atoms with Crippen molar-refractivity contribution in [3.63, 3.8) is 0 Å². The second kappa shape index (κ2) is 4.03. The zero-order chi connectivity index (χ0) is 13.6. The van der Waals surface area contributed by atoms with E-state index in [-0.39, 0.29) is 0 Å². The van der Waals surface area contributed by atoms with Crippen molar-refractivity contribution in [2.45, 2.75) is 5.67 Å². The number of imidazole rings is 1. The number of alkyl halides is 1. The van der Waals surface area contributed by atoms with Crippen molar-refractivity contribution in [1.82, 2.24) is 14.6 Å². The lowest BCUT2D eigenvalue weighted by Crippen LogP contribution is -2.57. The Labute approximate surface area is 115 Å². The van der Waals surface area contributed by atoms with Gasteiger partial charge < -0.3 is 4.90 Å². The summed E-state index contributed by atoms with van der Waals surface area (Å²) in [6.45, 7) is 0.701. The zero-order valence-electron chi connectivity index (χ0n) is 10.8. The van der Waals surface area contributed by atoms with E-state index in [0.29, 0.717) is 13.1 Å². The number of rotatable bonds is 2. The summed E-state index contributed by atoms with van der Waals surface area (Å²) in [5.41, 5.74) is 1.16. The van der Waals surface area contributed by atoms with Crippen LogP contribution in [0, 0.1) is 0 Å². The first-order valence-corrected chi connectivity index (χ1v) is 6.54. The molecular weight excluding hydrogens is 255 g/mol. The molecule has 3 aromatic rings. The van der Waals surface area contributed by atoms with Gasteiger partial charge in [-0.3, -0.25) is 0 Å². The van der Waals surface area contributed by atoms with Crippen LogP contribution in [-0.4, -0.2) is 27.7 Å². The van der Waals surface area contributed by atoms with Gasteiger partial charge in [-0.2, -0.15) is 5.10 Å². The van der Waals surface area contributed by atoms with Gasteiger partial charge in [-0.25, -0.2) is 13.9 Å². The lowest BCUT2D eigenvalue weighted by atomic mass is 9.87. The van der Waals surface area contributed by atoms with Crippen molar-refractivity contribution in [2.75, 3.05) is 18.0 Å². The minimum Gasteiger partial charge on any atom is -0.361 e. The third kappa shape index (κ3) is 1.59. The predicted octanol–water partition coefficient (Wildman–Crippen LogP) is 2.41. The largest absolute Gasteiger partial charge is 0.361 e. The van der Waals surface area contributed by atoms with Crippen LogP contribution in [0.25, 0.3) is 5.65 Å². The molecule has 100 valence electrons. The van der Waals surface area contributed by atoms with Gasteiger partial charge in [0.25, 0.3) is 0 Å².